The fourth-order valence-corrected chi connectivity index (χ4v) is 0.719. The average Bonchev–Trinajstić information content (AvgIpc) is 1.97. The van der Waals surface area contributed by atoms with E-state index >= 15 is 0 Å². The molecule has 62 valence electrons. The van der Waals surface area contributed by atoms with Crippen LogP contribution in [0.3, 0.4) is 0 Å². The van der Waals surface area contributed by atoms with Crippen molar-refractivity contribution in [2.75, 3.05) is 34.3 Å². The van der Waals surface area contributed by atoms with Crippen molar-refractivity contribution >= 4 is 12.2 Å². The highest BCUT2D eigenvalue weighted by Gasteiger charge is 1.96. The number of rotatable bonds is 6. The quantitative estimate of drug-likeness (QED) is 0.265. The minimum Gasteiger partial charge on any atom is -0.318 e. The molecule has 0 spiro atoms. The Balaban J connectivity index is 3.00. The Morgan fingerprint density at radius 1 is 1.60 bits per heavy atom. The molecule has 0 unspecified atom stereocenters. The van der Waals surface area contributed by atoms with Crippen LogP contribution in [0.2, 0.25) is 0 Å². The topological polar surface area (TPSA) is 33.7 Å². The van der Waals surface area contributed by atoms with Gasteiger partial charge in [-0.3, -0.25) is 0 Å². The van der Waals surface area contributed by atoms with E-state index in [4.69, 9.17) is 0 Å². The molecule has 5 heteroatoms. The maximum Gasteiger partial charge on any atom is 0.120 e. The van der Waals surface area contributed by atoms with Gasteiger partial charge in [0.1, 0.15) is 12.2 Å². The Kier molecular flexibility index (Phi) is 7.44. The highest BCUT2D eigenvalue weighted by molar-refractivity contribution is 7.92. The van der Waals surface area contributed by atoms with Crippen LogP contribution >= 0.6 is 12.2 Å². The third kappa shape index (κ3) is 6.31. The van der Waals surface area contributed by atoms with Gasteiger partial charge >= 0.3 is 0 Å². The largest absolute Gasteiger partial charge is 0.318 e. The zero-order valence-electron chi connectivity index (χ0n) is 6.59. The Morgan fingerprint density at radius 2 is 2.30 bits per heavy atom. The first-order chi connectivity index (χ1) is 4.81. The predicted molar refractivity (Wildman–Crippen MR) is 42.2 cm³/mol. The fraction of sp³-hybridized carbons (Fsp3) is 1.00. The Labute approximate surface area is 66.1 Å². The van der Waals surface area contributed by atoms with Gasteiger partial charge in [0.05, 0.1) is 7.11 Å². The first-order valence-electron chi connectivity index (χ1n) is 3.04. The molecule has 0 saturated carbocycles. The molecule has 0 amide bonds. The van der Waals surface area contributed by atoms with Crippen LogP contribution in [-0.2, 0) is 9.22 Å². The molecular weight excluding hydrogens is 152 g/mol. The summed E-state index contributed by atoms with van der Waals surface area (Å²) in [5.41, 5.74) is 0. The van der Waals surface area contributed by atoms with Gasteiger partial charge in [-0.15, -0.1) is 4.33 Å². The molecule has 0 aliphatic carbocycles. The summed E-state index contributed by atoms with van der Waals surface area (Å²) in [7, 11) is 5.33. The Morgan fingerprint density at radius 3 is 2.80 bits per heavy atom. The lowest BCUT2D eigenvalue weighted by Crippen LogP contribution is -2.22. The molecule has 10 heavy (non-hydrogen) atoms. The second-order valence-electron chi connectivity index (χ2n) is 1.76. The van der Waals surface area contributed by atoms with Crippen molar-refractivity contribution < 1.29 is 9.22 Å². The molecule has 0 aliphatic heterocycles. The first kappa shape index (κ1) is 10.2. The maximum absolute atomic E-state index is 4.61. The molecule has 0 rings (SSSR count). The second kappa shape index (κ2) is 7.30. The highest BCUT2D eigenvalue weighted by atomic mass is 32.2. The lowest BCUT2D eigenvalue weighted by atomic mass is 10.6. The number of likely N-dealkylation sites (N-methyl/N-ethyl adjacent to an activating group) is 2. The minimum absolute atomic E-state index is 0.921. The van der Waals surface area contributed by atoms with Crippen molar-refractivity contribution in [1.82, 2.24) is 9.62 Å². The molecule has 0 fully saturated rings. The fourth-order valence-electron chi connectivity index (χ4n) is 0.389. The zero-order valence-corrected chi connectivity index (χ0v) is 7.40. The van der Waals surface area contributed by atoms with E-state index in [-0.39, 0.29) is 0 Å². The van der Waals surface area contributed by atoms with Gasteiger partial charge in [0.2, 0.25) is 0 Å². The molecular formula is C5H14N2O2S. The van der Waals surface area contributed by atoms with Gasteiger partial charge in [-0.2, -0.15) is 0 Å². The smallest absolute Gasteiger partial charge is 0.120 e. The van der Waals surface area contributed by atoms with Gasteiger partial charge in [-0.05, 0) is 14.1 Å². The van der Waals surface area contributed by atoms with Gasteiger partial charge < -0.3 is 5.32 Å². The average molecular weight is 166 g/mol. The minimum atomic E-state index is 0.921. The first-order valence-corrected chi connectivity index (χ1v) is 3.74. The molecule has 0 heterocycles. The molecule has 0 aromatic rings. The van der Waals surface area contributed by atoms with E-state index < -0.39 is 0 Å². The highest BCUT2D eigenvalue weighted by Crippen LogP contribution is 2.05. The summed E-state index contributed by atoms with van der Waals surface area (Å²) in [6, 6.07) is 0. The van der Waals surface area contributed by atoms with Gasteiger partial charge in [0.15, 0.2) is 0 Å². The second-order valence-corrected chi connectivity index (χ2v) is 2.67. The van der Waals surface area contributed by atoms with Gasteiger partial charge in [-0.1, -0.05) is 0 Å². The zero-order chi connectivity index (χ0) is 7.82. The van der Waals surface area contributed by atoms with E-state index in [0.717, 1.165) is 13.1 Å². The number of hydrogen-bond donors (Lipinski definition) is 1. The monoisotopic (exact) mass is 166 g/mol. The molecule has 0 aromatic carbocycles. The summed E-state index contributed by atoms with van der Waals surface area (Å²) in [6.07, 6.45) is 0. The van der Waals surface area contributed by atoms with Crippen LogP contribution in [0.1, 0.15) is 0 Å². The summed E-state index contributed by atoms with van der Waals surface area (Å²) < 4.78 is 6.54. The van der Waals surface area contributed by atoms with E-state index in [1.807, 2.05) is 18.4 Å². The van der Waals surface area contributed by atoms with Crippen molar-refractivity contribution in [3.05, 3.63) is 0 Å². The summed E-state index contributed by atoms with van der Waals surface area (Å²) in [5, 5.41) is 3.02. The molecule has 0 atom stereocenters. The summed E-state index contributed by atoms with van der Waals surface area (Å²) in [6.45, 7) is 1.86. The van der Waals surface area contributed by atoms with E-state index in [2.05, 4.69) is 14.5 Å². The van der Waals surface area contributed by atoms with E-state index in [0.29, 0.717) is 0 Å². The van der Waals surface area contributed by atoms with Crippen LogP contribution in [0.25, 0.3) is 0 Å². The number of hydrogen-bond acceptors (Lipinski definition) is 5. The lowest BCUT2D eigenvalue weighted by molar-refractivity contribution is -0.163. The predicted octanol–water partition coefficient (Wildman–Crippen LogP) is 0.279. The van der Waals surface area contributed by atoms with E-state index in [1.165, 1.54) is 19.3 Å². The number of nitrogens with zero attached hydrogens (tertiary/aromatic N) is 1. The SMILES string of the molecule is CNCCN(C)SOOC. The van der Waals surface area contributed by atoms with Gasteiger partial charge in [0.25, 0.3) is 0 Å². The van der Waals surface area contributed by atoms with Crippen molar-refractivity contribution in [3.63, 3.8) is 0 Å². The summed E-state index contributed by atoms with van der Waals surface area (Å²) in [5.74, 6) is 0. The molecule has 0 saturated heterocycles. The molecule has 0 radical (unpaired) electrons. The molecule has 4 nitrogen and oxygen atoms in total. The van der Waals surface area contributed by atoms with Crippen LogP contribution in [0.5, 0.6) is 0 Å². The molecule has 0 aliphatic rings. The molecule has 1 N–H and O–H groups in total. The van der Waals surface area contributed by atoms with Crippen molar-refractivity contribution in [2.45, 2.75) is 0 Å². The van der Waals surface area contributed by atoms with Gasteiger partial charge in [0, 0.05) is 13.1 Å². The van der Waals surface area contributed by atoms with Crippen molar-refractivity contribution in [2.24, 2.45) is 0 Å². The standard InChI is InChI=1S/C5H14N2O2S/c1-6-4-5-7(2)10-9-8-3/h6H,4-5H2,1-3H3. The molecule has 0 aromatic heterocycles. The maximum atomic E-state index is 4.61. The lowest BCUT2D eigenvalue weighted by Gasteiger charge is -2.11. The van der Waals surface area contributed by atoms with Crippen LogP contribution in [0.15, 0.2) is 0 Å². The van der Waals surface area contributed by atoms with Crippen LogP contribution < -0.4 is 5.32 Å². The van der Waals surface area contributed by atoms with Crippen molar-refractivity contribution in [1.29, 1.82) is 0 Å². The third-order valence-electron chi connectivity index (χ3n) is 0.902. The van der Waals surface area contributed by atoms with E-state index in [1.54, 1.807) is 0 Å². The normalized spacial score (nSPS) is 10.8. The van der Waals surface area contributed by atoms with E-state index in [9.17, 15) is 0 Å². The van der Waals surface area contributed by atoms with Crippen LogP contribution in [0.4, 0.5) is 0 Å². The summed E-state index contributed by atoms with van der Waals surface area (Å²) in [4.78, 5) is 4.39. The van der Waals surface area contributed by atoms with Crippen LogP contribution in [-0.4, -0.2) is 38.6 Å². The third-order valence-corrected chi connectivity index (χ3v) is 1.54. The molecule has 0 bridgehead atoms. The van der Waals surface area contributed by atoms with Gasteiger partial charge in [-0.25, -0.2) is 9.19 Å². The van der Waals surface area contributed by atoms with Crippen LogP contribution in [0, 0.1) is 0 Å². The Bertz CT molecular complexity index is 66.7. The summed E-state index contributed by atoms with van der Waals surface area (Å²) >= 11 is 1.19. The Hall–Kier alpha value is 0.190. The number of nitrogens with one attached hydrogen (secondary N) is 1. The van der Waals surface area contributed by atoms with Crippen molar-refractivity contribution in [3.8, 4) is 0 Å².